The normalized spacial score (nSPS) is 30.7. The molecular formula is C10H18O3. The van der Waals surface area contributed by atoms with E-state index in [1.54, 1.807) is 0 Å². The van der Waals surface area contributed by atoms with Gasteiger partial charge in [-0.05, 0) is 25.2 Å². The zero-order chi connectivity index (χ0) is 9.10. The van der Waals surface area contributed by atoms with Crippen LogP contribution in [0.4, 0.5) is 0 Å². The van der Waals surface area contributed by atoms with Crippen LogP contribution in [-0.2, 0) is 9.47 Å². The maximum Gasteiger partial charge on any atom is 0.0824 e. The third-order valence-electron chi connectivity index (χ3n) is 2.85. The average molecular weight is 186 g/mol. The van der Waals surface area contributed by atoms with Gasteiger partial charge in [-0.15, -0.1) is 0 Å². The van der Waals surface area contributed by atoms with Crippen molar-refractivity contribution in [3.8, 4) is 0 Å². The number of rotatable bonds is 5. The van der Waals surface area contributed by atoms with Crippen LogP contribution in [0, 0.1) is 11.8 Å². The molecule has 3 nitrogen and oxygen atoms in total. The Morgan fingerprint density at radius 3 is 2.85 bits per heavy atom. The van der Waals surface area contributed by atoms with Crippen LogP contribution in [0.5, 0.6) is 0 Å². The second-order valence-corrected chi connectivity index (χ2v) is 4.17. The predicted octanol–water partition coefficient (Wildman–Crippen LogP) is 0.810. The van der Waals surface area contributed by atoms with Gasteiger partial charge in [0, 0.05) is 19.1 Å². The fourth-order valence-electron chi connectivity index (χ4n) is 1.63. The van der Waals surface area contributed by atoms with Crippen LogP contribution in [0.1, 0.15) is 19.3 Å². The van der Waals surface area contributed by atoms with E-state index in [0.717, 1.165) is 25.6 Å². The Morgan fingerprint density at radius 2 is 2.23 bits per heavy atom. The molecule has 2 rings (SSSR count). The first-order chi connectivity index (χ1) is 6.36. The van der Waals surface area contributed by atoms with Gasteiger partial charge in [-0.2, -0.15) is 0 Å². The summed E-state index contributed by atoms with van der Waals surface area (Å²) in [4.78, 5) is 0. The second-order valence-electron chi connectivity index (χ2n) is 4.17. The molecule has 0 aromatic heterocycles. The molecule has 2 unspecified atom stereocenters. The maximum atomic E-state index is 9.68. The lowest BCUT2D eigenvalue weighted by molar-refractivity contribution is -0.000974. The number of ether oxygens (including phenoxy) is 2. The SMILES string of the molecule is OC(COCC1CC1)C1CCOC1. The molecule has 1 saturated heterocycles. The lowest BCUT2D eigenvalue weighted by atomic mass is 10.0. The van der Waals surface area contributed by atoms with Gasteiger partial charge in [0.05, 0.1) is 19.3 Å². The molecule has 0 aromatic carbocycles. The summed E-state index contributed by atoms with van der Waals surface area (Å²) in [7, 11) is 0. The lowest BCUT2D eigenvalue weighted by Crippen LogP contribution is -2.26. The first kappa shape index (κ1) is 9.44. The third-order valence-corrected chi connectivity index (χ3v) is 2.85. The molecule has 0 bridgehead atoms. The molecule has 1 saturated carbocycles. The topological polar surface area (TPSA) is 38.7 Å². The number of aliphatic hydroxyl groups excluding tert-OH is 1. The second kappa shape index (κ2) is 4.40. The van der Waals surface area contributed by atoms with E-state index >= 15 is 0 Å². The van der Waals surface area contributed by atoms with Gasteiger partial charge in [0.2, 0.25) is 0 Å². The van der Waals surface area contributed by atoms with Gasteiger partial charge >= 0.3 is 0 Å². The summed E-state index contributed by atoms with van der Waals surface area (Å²) < 4.78 is 10.6. The van der Waals surface area contributed by atoms with Gasteiger partial charge in [-0.25, -0.2) is 0 Å². The Kier molecular flexibility index (Phi) is 3.19. The molecule has 1 N–H and O–H groups in total. The van der Waals surface area contributed by atoms with Gasteiger partial charge in [0.25, 0.3) is 0 Å². The minimum absolute atomic E-state index is 0.305. The van der Waals surface area contributed by atoms with Crippen molar-refractivity contribution in [2.75, 3.05) is 26.4 Å². The number of hydrogen-bond donors (Lipinski definition) is 1. The lowest BCUT2D eigenvalue weighted by Gasteiger charge is -2.16. The van der Waals surface area contributed by atoms with Crippen LogP contribution in [0.3, 0.4) is 0 Å². The largest absolute Gasteiger partial charge is 0.390 e. The molecule has 2 fully saturated rings. The highest BCUT2D eigenvalue weighted by atomic mass is 16.5. The van der Waals surface area contributed by atoms with Gasteiger partial charge < -0.3 is 14.6 Å². The van der Waals surface area contributed by atoms with Crippen molar-refractivity contribution < 1.29 is 14.6 Å². The Morgan fingerprint density at radius 1 is 1.38 bits per heavy atom. The van der Waals surface area contributed by atoms with Crippen LogP contribution < -0.4 is 0 Å². The fourth-order valence-corrected chi connectivity index (χ4v) is 1.63. The summed E-state index contributed by atoms with van der Waals surface area (Å²) in [6.45, 7) is 2.83. The molecule has 13 heavy (non-hydrogen) atoms. The minimum atomic E-state index is -0.318. The minimum Gasteiger partial charge on any atom is -0.390 e. The highest BCUT2D eigenvalue weighted by molar-refractivity contribution is 4.74. The first-order valence-corrected chi connectivity index (χ1v) is 5.20. The highest BCUT2D eigenvalue weighted by Gasteiger charge is 2.25. The first-order valence-electron chi connectivity index (χ1n) is 5.20. The van der Waals surface area contributed by atoms with Crippen molar-refractivity contribution >= 4 is 0 Å². The predicted molar refractivity (Wildman–Crippen MR) is 48.5 cm³/mol. The molecule has 0 amide bonds. The van der Waals surface area contributed by atoms with E-state index in [2.05, 4.69) is 0 Å². The standard InChI is InChI=1S/C10H18O3/c11-10(9-3-4-12-6-9)7-13-5-8-1-2-8/h8-11H,1-7H2. The van der Waals surface area contributed by atoms with Crippen LogP contribution in [-0.4, -0.2) is 37.6 Å². The maximum absolute atomic E-state index is 9.68. The van der Waals surface area contributed by atoms with E-state index in [0.29, 0.717) is 19.1 Å². The number of aliphatic hydroxyl groups is 1. The molecule has 1 aliphatic carbocycles. The summed E-state index contributed by atoms with van der Waals surface area (Å²) in [5, 5.41) is 9.68. The van der Waals surface area contributed by atoms with Crippen LogP contribution in [0.25, 0.3) is 0 Å². The van der Waals surface area contributed by atoms with E-state index < -0.39 is 0 Å². The molecule has 2 aliphatic rings. The van der Waals surface area contributed by atoms with Crippen molar-refractivity contribution in [3.05, 3.63) is 0 Å². The van der Waals surface area contributed by atoms with Crippen molar-refractivity contribution in [1.29, 1.82) is 0 Å². The van der Waals surface area contributed by atoms with E-state index in [4.69, 9.17) is 9.47 Å². The molecule has 0 aromatic rings. The van der Waals surface area contributed by atoms with Crippen molar-refractivity contribution in [3.63, 3.8) is 0 Å². The van der Waals surface area contributed by atoms with Crippen molar-refractivity contribution in [2.24, 2.45) is 11.8 Å². The molecule has 0 radical (unpaired) electrons. The van der Waals surface area contributed by atoms with Crippen LogP contribution in [0.2, 0.25) is 0 Å². The molecule has 2 atom stereocenters. The zero-order valence-electron chi connectivity index (χ0n) is 7.95. The fraction of sp³-hybridized carbons (Fsp3) is 1.00. The summed E-state index contributed by atoms with van der Waals surface area (Å²) in [5.74, 6) is 1.09. The Labute approximate surface area is 79.0 Å². The third kappa shape index (κ3) is 2.93. The van der Waals surface area contributed by atoms with Crippen LogP contribution in [0.15, 0.2) is 0 Å². The summed E-state index contributed by atoms with van der Waals surface area (Å²) >= 11 is 0. The quantitative estimate of drug-likeness (QED) is 0.690. The van der Waals surface area contributed by atoms with Crippen LogP contribution >= 0.6 is 0 Å². The summed E-state index contributed by atoms with van der Waals surface area (Å²) in [5.41, 5.74) is 0. The Hall–Kier alpha value is -0.120. The summed E-state index contributed by atoms with van der Waals surface area (Å²) in [6.07, 6.45) is 3.28. The average Bonchev–Trinajstić information content (AvgIpc) is 2.80. The molecular weight excluding hydrogens is 168 g/mol. The van der Waals surface area contributed by atoms with Gasteiger partial charge in [-0.1, -0.05) is 0 Å². The molecule has 1 heterocycles. The van der Waals surface area contributed by atoms with E-state index in [9.17, 15) is 5.11 Å². The molecule has 0 spiro atoms. The Bertz CT molecular complexity index is 150. The van der Waals surface area contributed by atoms with Gasteiger partial charge in [0.15, 0.2) is 0 Å². The van der Waals surface area contributed by atoms with E-state index in [1.807, 2.05) is 0 Å². The molecule has 1 aliphatic heterocycles. The van der Waals surface area contributed by atoms with E-state index in [-0.39, 0.29) is 6.10 Å². The summed E-state index contributed by atoms with van der Waals surface area (Å²) in [6, 6.07) is 0. The van der Waals surface area contributed by atoms with Gasteiger partial charge in [0.1, 0.15) is 0 Å². The van der Waals surface area contributed by atoms with Gasteiger partial charge in [-0.3, -0.25) is 0 Å². The smallest absolute Gasteiger partial charge is 0.0824 e. The molecule has 3 heteroatoms. The molecule has 76 valence electrons. The number of hydrogen-bond acceptors (Lipinski definition) is 3. The van der Waals surface area contributed by atoms with E-state index in [1.165, 1.54) is 12.8 Å². The Balaban J connectivity index is 1.56. The highest BCUT2D eigenvalue weighted by Crippen LogP contribution is 2.29. The van der Waals surface area contributed by atoms with Crippen molar-refractivity contribution in [1.82, 2.24) is 0 Å². The van der Waals surface area contributed by atoms with Crippen molar-refractivity contribution in [2.45, 2.75) is 25.4 Å². The monoisotopic (exact) mass is 186 g/mol. The zero-order valence-corrected chi connectivity index (χ0v) is 7.95.